The summed E-state index contributed by atoms with van der Waals surface area (Å²) >= 11 is 0. The Morgan fingerprint density at radius 3 is 2.21 bits per heavy atom. The standard InChI is InChI=1S/C20H23NO3/c1-3-14(23-2)12-21-20(22)24-13-19-17-10-6-4-8-15(17)16-9-5-7-11-18(16)19/h4-11,14,19H,3,12-13H2,1-2H3,(H,21,22)/p-1. The molecule has 0 spiro atoms. The van der Waals surface area contributed by atoms with E-state index in [4.69, 9.17) is 9.47 Å². The molecule has 4 heteroatoms. The highest BCUT2D eigenvalue weighted by Gasteiger charge is 2.26. The molecule has 0 saturated heterocycles. The predicted octanol–water partition coefficient (Wildman–Crippen LogP) is 2.96. The van der Waals surface area contributed by atoms with Crippen LogP contribution in [0.15, 0.2) is 53.5 Å². The molecule has 4 nitrogen and oxygen atoms in total. The lowest BCUT2D eigenvalue weighted by Crippen LogP contribution is -2.26. The number of aliphatic imine (C=N–C) groups is 1. The smallest absolute Gasteiger partial charge is 0.145 e. The van der Waals surface area contributed by atoms with Crippen LogP contribution in [0.25, 0.3) is 11.1 Å². The minimum atomic E-state index is -0.521. The fourth-order valence-corrected chi connectivity index (χ4v) is 3.19. The van der Waals surface area contributed by atoms with Gasteiger partial charge in [0.1, 0.15) is 6.08 Å². The van der Waals surface area contributed by atoms with Crippen LogP contribution in [0.3, 0.4) is 0 Å². The lowest BCUT2D eigenvalue weighted by atomic mass is 9.98. The largest absolute Gasteiger partial charge is 0.599 e. The van der Waals surface area contributed by atoms with Crippen LogP contribution < -0.4 is 5.11 Å². The van der Waals surface area contributed by atoms with Gasteiger partial charge in [-0.05, 0) is 28.7 Å². The maximum atomic E-state index is 11.9. The van der Waals surface area contributed by atoms with Crippen molar-refractivity contribution in [2.24, 2.45) is 4.99 Å². The number of ether oxygens (including phenoxy) is 2. The molecule has 0 radical (unpaired) electrons. The van der Waals surface area contributed by atoms with Crippen molar-refractivity contribution in [3.05, 3.63) is 59.7 Å². The summed E-state index contributed by atoms with van der Waals surface area (Å²) in [6.45, 7) is 2.64. The Morgan fingerprint density at radius 2 is 1.67 bits per heavy atom. The molecule has 1 atom stereocenters. The molecule has 2 aromatic rings. The lowest BCUT2D eigenvalue weighted by Gasteiger charge is -2.21. The first-order valence-corrected chi connectivity index (χ1v) is 8.29. The minimum absolute atomic E-state index is 0.0366. The van der Waals surface area contributed by atoms with Gasteiger partial charge in [-0.3, -0.25) is 4.99 Å². The molecule has 0 saturated carbocycles. The molecule has 0 aliphatic heterocycles. The van der Waals surface area contributed by atoms with E-state index in [0.29, 0.717) is 13.2 Å². The van der Waals surface area contributed by atoms with Gasteiger partial charge >= 0.3 is 0 Å². The Hall–Kier alpha value is -2.33. The molecule has 126 valence electrons. The normalized spacial score (nSPS) is 15.0. The highest BCUT2D eigenvalue weighted by molar-refractivity contribution is 5.78. The molecule has 1 unspecified atom stereocenters. The molecule has 0 N–H and O–H groups in total. The van der Waals surface area contributed by atoms with Gasteiger partial charge in [0.2, 0.25) is 0 Å². The summed E-state index contributed by atoms with van der Waals surface area (Å²) in [7, 11) is 1.63. The molecule has 3 rings (SSSR count). The van der Waals surface area contributed by atoms with Crippen LogP contribution in [-0.4, -0.2) is 32.4 Å². The van der Waals surface area contributed by atoms with E-state index < -0.39 is 6.08 Å². The summed E-state index contributed by atoms with van der Waals surface area (Å²) in [6, 6.07) is 16.5. The number of hydrogen-bond acceptors (Lipinski definition) is 4. The van der Waals surface area contributed by atoms with Crippen LogP contribution >= 0.6 is 0 Å². The van der Waals surface area contributed by atoms with Gasteiger partial charge in [-0.1, -0.05) is 55.5 Å². The summed E-state index contributed by atoms with van der Waals surface area (Å²) < 4.78 is 10.6. The van der Waals surface area contributed by atoms with E-state index in [9.17, 15) is 5.11 Å². The number of fused-ring (bicyclic) bond motifs is 3. The zero-order chi connectivity index (χ0) is 16.9. The van der Waals surface area contributed by atoms with Crippen LogP contribution in [0.4, 0.5) is 0 Å². The number of benzene rings is 2. The Labute approximate surface area is 142 Å². The Kier molecular flexibility index (Phi) is 5.16. The van der Waals surface area contributed by atoms with Crippen molar-refractivity contribution in [3.63, 3.8) is 0 Å². The third kappa shape index (κ3) is 3.29. The number of hydrogen-bond donors (Lipinski definition) is 0. The van der Waals surface area contributed by atoms with Gasteiger partial charge in [0, 0.05) is 19.6 Å². The first-order chi connectivity index (χ1) is 11.7. The Morgan fingerprint density at radius 1 is 1.08 bits per heavy atom. The second-order valence-electron chi connectivity index (χ2n) is 5.91. The second kappa shape index (κ2) is 7.49. The highest BCUT2D eigenvalue weighted by atomic mass is 16.6. The third-order valence-corrected chi connectivity index (χ3v) is 4.55. The van der Waals surface area contributed by atoms with Crippen LogP contribution in [0.1, 0.15) is 30.4 Å². The van der Waals surface area contributed by atoms with E-state index in [0.717, 1.165) is 6.42 Å². The van der Waals surface area contributed by atoms with Crippen molar-refractivity contribution in [1.29, 1.82) is 0 Å². The molecule has 1 aliphatic rings. The van der Waals surface area contributed by atoms with E-state index in [1.165, 1.54) is 22.3 Å². The molecule has 0 aromatic heterocycles. The number of methoxy groups -OCH3 is 1. The first kappa shape index (κ1) is 16.5. The topological polar surface area (TPSA) is 53.9 Å². The molecular weight excluding hydrogens is 302 g/mol. The van der Waals surface area contributed by atoms with Gasteiger partial charge in [-0.2, -0.15) is 0 Å². The summed E-state index contributed by atoms with van der Waals surface area (Å²) in [5.74, 6) is 0.0703. The molecule has 0 heterocycles. The SMILES string of the molecule is CCC(CN=C([O-])OCC1c2ccccc2-c2ccccc21)OC. The van der Waals surface area contributed by atoms with E-state index in [2.05, 4.69) is 29.3 Å². The minimum Gasteiger partial charge on any atom is -0.599 e. The summed E-state index contributed by atoms with van der Waals surface area (Å²) in [6.07, 6.45) is 0.259. The fraction of sp³-hybridized carbons (Fsp3) is 0.350. The van der Waals surface area contributed by atoms with Gasteiger partial charge in [0.25, 0.3) is 0 Å². The zero-order valence-corrected chi connectivity index (χ0v) is 14.1. The quantitative estimate of drug-likeness (QED) is 0.606. The van der Waals surface area contributed by atoms with E-state index in [-0.39, 0.29) is 12.0 Å². The average Bonchev–Trinajstić information content (AvgIpc) is 2.95. The lowest BCUT2D eigenvalue weighted by molar-refractivity contribution is -0.251. The van der Waals surface area contributed by atoms with Crippen molar-refractivity contribution in [3.8, 4) is 11.1 Å². The highest BCUT2D eigenvalue weighted by Crippen LogP contribution is 2.44. The molecule has 0 fully saturated rings. The maximum Gasteiger partial charge on any atom is 0.145 e. The van der Waals surface area contributed by atoms with Crippen LogP contribution in [0.2, 0.25) is 0 Å². The first-order valence-electron chi connectivity index (χ1n) is 8.29. The molecule has 0 amide bonds. The number of nitrogens with zero attached hydrogens (tertiary/aromatic N) is 1. The van der Waals surface area contributed by atoms with Crippen molar-refractivity contribution >= 4 is 6.08 Å². The average molecular weight is 324 g/mol. The Bertz CT molecular complexity index is 677. The second-order valence-corrected chi connectivity index (χ2v) is 5.91. The summed E-state index contributed by atoms with van der Waals surface area (Å²) in [4.78, 5) is 3.95. The molecule has 24 heavy (non-hydrogen) atoms. The van der Waals surface area contributed by atoms with E-state index >= 15 is 0 Å². The van der Waals surface area contributed by atoms with Crippen molar-refractivity contribution in [2.75, 3.05) is 20.3 Å². The van der Waals surface area contributed by atoms with Gasteiger partial charge in [0.05, 0.1) is 12.6 Å². The summed E-state index contributed by atoms with van der Waals surface area (Å²) in [5, 5.41) is 11.9. The molecule has 2 aromatic carbocycles. The van der Waals surface area contributed by atoms with Crippen molar-refractivity contribution in [2.45, 2.75) is 25.4 Å². The Balaban J connectivity index is 1.73. The van der Waals surface area contributed by atoms with Gasteiger partial charge in [-0.15, -0.1) is 0 Å². The van der Waals surface area contributed by atoms with Gasteiger partial charge < -0.3 is 14.6 Å². The third-order valence-electron chi connectivity index (χ3n) is 4.55. The van der Waals surface area contributed by atoms with Crippen molar-refractivity contribution < 1.29 is 14.6 Å². The number of rotatable bonds is 6. The van der Waals surface area contributed by atoms with Crippen LogP contribution in [0.5, 0.6) is 0 Å². The fourth-order valence-electron chi connectivity index (χ4n) is 3.19. The van der Waals surface area contributed by atoms with Crippen LogP contribution in [0, 0.1) is 0 Å². The summed E-state index contributed by atoms with van der Waals surface area (Å²) in [5.41, 5.74) is 4.85. The van der Waals surface area contributed by atoms with Gasteiger partial charge in [0.15, 0.2) is 0 Å². The zero-order valence-electron chi connectivity index (χ0n) is 14.1. The predicted molar refractivity (Wildman–Crippen MR) is 93.1 cm³/mol. The van der Waals surface area contributed by atoms with Crippen molar-refractivity contribution in [1.82, 2.24) is 0 Å². The molecule has 0 bridgehead atoms. The van der Waals surface area contributed by atoms with Gasteiger partial charge in [-0.25, -0.2) is 0 Å². The van der Waals surface area contributed by atoms with E-state index in [1.807, 2.05) is 31.2 Å². The van der Waals surface area contributed by atoms with Crippen LogP contribution in [-0.2, 0) is 9.47 Å². The van der Waals surface area contributed by atoms with E-state index in [1.54, 1.807) is 7.11 Å². The molecular formula is C20H22NO3-. The monoisotopic (exact) mass is 324 g/mol. The molecule has 1 aliphatic carbocycles. The maximum absolute atomic E-state index is 11.9.